The van der Waals surface area contributed by atoms with Crippen LogP contribution in [0.2, 0.25) is 0 Å². The average molecular weight is 289 g/mol. The van der Waals surface area contributed by atoms with Crippen molar-refractivity contribution in [2.24, 2.45) is 7.05 Å². The van der Waals surface area contributed by atoms with Gasteiger partial charge in [-0.15, -0.1) is 0 Å². The molecule has 0 unspecified atom stereocenters. The topological polar surface area (TPSA) is 57.5 Å². The molecule has 1 aromatic heterocycles. The fraction of sp³-hybridized carbons (Fsp3) is 0.400. The maximum Gasteiger partial charge on any atom is 0.231 e. The summed E-state index contributed by atoms with van der Waals surface area (Å²) in [7, 11) is 3.89. The molecule has 112 valence electrons. The molecule has 0 spiro atoms. The number of fused-ring (bicyclic) bond motifs is 1. The summed E-state index contributed by atoms with van der Waals surface area (Å²) >= 11 is 0. The van der Waals surface area contributed by atoms with Gasteiger partial charge in [0.25, 0.3) is 0 Å². The molecule has 1 aliphatic rings. The number of nitrogens with one attached hydrogen (secondary N) is 1. The van der Waals surface area contributed by atoms with Gasteiger partial charge in [0, 0.05) is 44.0 Å². The van der Waals surface area contributed by atoms with Crippen molar-refractivity contribution in [3.05, 3.63) is 35.9 Å². The van der Waals surface area contributed by atoms with Gasteiger partial charge in [-0.05, 0) is 13.1 Å². The van der Waals surface area contributed by atoms with E-state index in [0.29, 0.717) is 13.2 Å². The van der Waals surface area contributed by atoms with Crippen LogP contribution in [0.3, 0.4) is 0 Å². The van der Waals surface area contributed by atoms with Gasteiger partial charge in [0.2, 0.25) is 6.79 Å². The average Bonchev–Trinajstić information content (AvgIpc) is 3.08. The molecule has 0 radical (unpaired) electrons. The standard InChI is InChI=1S/C15H19N3O3/c1-16-9-11-7-13-14(21-10-20-13)8-12(11)19-6-3-15-17-4-5-18(15)2/h4-5,7-8,16H,3,6,9-10H2,1-2H3. The monoisotopic (exact) mass is 289 g/mol. The SMILES string of the molecule is CNCc1cc2c(cc1OCCc1nccn1C)OCO2. The van der Waals surface area contributed by atoms with Crippen molar-refractivity contribution in [2.45, 2.75) is 13.0 Å². The smallest absolute Gasteiger partial charge is 0.231 e. The molecule has 1 aromatic carbocycles. The van der Waals surface area contributed by atoms with E-state index >= 15 is 0 Å². The fourth-order valence-electron chi connectivity index (χ4n) is 2.32. The normalized spacial score (nSPS) is 12.7. The second-order valence-corrected chi connectivity index (χ2v) is 4.90. The highest BCUT2D eigenvalue weighted by Gasteiger charge is 2.17. The maximum absolute atomic E-state index is 5.91. The van der Waals surface area contributed by atoms with E-state index in [2.05, 4.69) is 10.3 Å². The summed E-state index contributed by atoms with van der Waals surface area (Å²) in [6, 6.07) is 3.86. The fourth-order valence-corrected chi connectivity index (χ4v) is 2.32. The second kappa shape index (κ2) is 6.05. The summed E-state index contributed by atoms with van der Waals surface area (Å²) in [6.07, 6.45) is 4.49. The number of imidazole rings is 1. The molecule has 0 aliphatic carbocycles. The van der Waals surface area contributed by atoms with Crippen LogP contribution in [-0.2, 0) is 20.0 Å². The van der Waals surface area contributed by atoms with E-state index in [0.717, 1.165) is 35.1 Å². The first-order valence-electron chi connectivity index (χ1n) is 6.94. The summed E-state index contributed by atoms with van der Waals surface area (Å²) in [4.78, 5) is 4.29. The summed E-state index contributed by atoms with van der Waals surface area (Å²) < 4.78 is 18.7. The Bertz CT molecular complexity index is 625. The molecule has 2 aromatic rings. The molecule has 21 heavy (non-hydrogen) atoms. The van der Waals surface area contributed by atoms with Gasteiger partial charge in [0.1, 0.15) is 11.6 Å². The minimum absolute atomic E-state index is 0.269. The molecule has 0 bridgehead atoms. The molecule has 3 rings (SSSR count). The van der Waals surface area contributed by atoms with Gasteiger partial charge < -0.3 is 24.1 Å². The van der Waals surface area contributed by atoms with E-state index < -0.39 is 0 Å². The lowest BCUT2D eigenvalue weighted by Gasteiger charge is -2.12. The van der Waals surface area contributed by atoms with Gasteiger partial charge in [0.15, 0.2) is 11.5 Å². The molecule has 0 saturated heterocycles. The Hall–Kier alpha value is -2.21. The Kier molecular flexibility index (Phi) is 3.96. The zero-order valence-corrected chi connectivity index (χ0v) is 12.3. The van der Waals surface area contributed by atoms with Crippen molar-refractivity contribution in [3.8, 4) is 17.2 Å². The van der Waals surface area contributed by atoms with Crippen molar-refractivity contribution < 1.29 is 14.2 Å². The van der Waals surface area contributed by atoms with Gasteiger partial charge in [-0.3, -0.25) is 0 Å². The molecule has 6 nitrogen and oxygen atoms in total. The van der Waals surface area contributed by atoms with Crippen molar-refractivity contribution in [1.29, 1.82) is 0 Å². The molecule has 0 atom stereocenters. The van der Waals surface area contributed by atoms with Gasteiger partial charge >= 0.3 is 0 Å². The quantitative estimate of drug-likeness (QED) is 0.873. The van der Waals surface area contributed by atoms with Gasteiger partial charge in [-0.25, -0.2) is 4.98 Å². The molecule has 0 amide bonds. The largest absolute Gasteiger partial charge is 0.493 e. The number of aromatic nitrogens is 2. The minimum Gasteiger partial charge on any atom is -0.493 e. The predicted octanol–water partition coefficient (Wildman–Crippen LogP) is 1.49. The third-order valence-electron chi connectivity index (χ3n) is 3.43. The van der Waals surface area contributed by atoms with Gasteiger partial charge in [-0.2, -0.15) is 0 Å². The Morgan fingerprint density at radius 1 is 1.33 bits per heavy atom. The van der Waals surface area contributed by atoms with Crippen LogP contribution in [0.25, 0.3) is 0 Å². The Morgan fingerprint density at radius 2 is 2.14 bits per heavy atom. The van der Waals surface area contributed by atoms with Crippen LogP contribution >= 0.6 is 0 Å². The number of aryl methyl sites for hydroxylation is 1. The van der Waals surface area contributed by atoms with Crippen LogP contribution in [-0.4, -0.2) is 30.0 Å². The first-order chi connectivity index (χ1) is 10.3. The molecule has 0 saturated carbocycles. The van der Waals surface area contributed by atoms with Crippen LogP contribution in [0.15, 0.2) is 24.5 Å². The molecule has 1 aliphatic heterocycles. The van der Waals surface area contributed by atoms with Crippen LogP contribution in [0.1, 0.15) is 11.4 Å². The summed E-state index contributed by atoms with van der Waals surface area (Å²) in [5, 5.41) is 3.14. The highest BCUT2D eigenvalue weighted by atomic mass is 16.7. The molecular weight excluding hydrogens is 270 g/mol. The van der Waals surface area contributed by atoms with Crippen LogP contribution in [0.4, 0.5) is 0 Å². The highest BCUT2D eigenvalue weighted by molar-refractivity contribution is 5.51. The molecule has 6 heteroatoms. The maximum atomic E-state index is 5.91. The number of ether oxygens (including phenoxy) is 3. The molecule has 0 fully saturated rings. The van der Waals surface area contributed by atoms with E-state index in [1.54, 1.807) is 6.20 Å². The number of nitrogens with zero attached hydrogens (tertiary/aromatic N) is 2. The van der Waals surface area contributed by atoms with Crippen LogP contribution in [0.5, 0.6) is 17.2 Å². The molecule has 2 heterocycles. The first-order valence-corrected chi connectivity index (χ1v) is 6.94. The van der Waals surface area contributed by atoms with Gasteiger partial charge in [0.05, 0.1) is 6.61 Å². The van der Waals surface area contributed by atoms with E-state index in [1.807, 2.05) is 37.0 Å². The predicted molar refractivity (Wildman–Crippen MR) is 77.7 cm³/mol. The van der Waals surface area contributed by atoms with Crippen molar-refractivity contribution in [3.63, 3.8) is 0 Å². The lowest BCUT2D eigenvalue weighted by Crippen LogP contribution is -2.10. The summed E-state index contributed by atoms with van der Waals surface area (Å²) in [6.45, 7) is 1.56. The van der Waals surface area contributed by atoms with E-state index in [-0.39, 0.29) is 6.79 Å². The summed E-state index contributed by atoms with van der Waals surface area (Å²) in [5.74, 6) is 3.34. The zero-order chi connectivity index (χ0) is 14.7. The lowest BCUT2D eigenvalue weighted by molar-refractivity contribution is 0.173. The Labute approximate surface area is 123 Å². The van der Waals surface area contributed by atoms with Crippen LogP contribution < -0.4 is 19.5 Å². The number of hydrogen-bond acceptors (Lipinski definition) is 5. The number of benzene rings is 1. The van der Waals surface area contributed by atoms with E-state index in [9.17, 15) is 0 Å². The Balaban J connectivity index is 1.70. The van der Waals surface area contributed by atoms with E-state index in [1.165, 1.54) is 0 Å². The summed E-state index contributed by atoms with van der Waals surface area (Å²) in [5.41, 5.74) is 1.06. The van der Waals surface area contributed by atoms with Crippen LogP contribution in [0, 0.1) is 0 Å². The van der Waals surface area contributed by atoms with Crippen molar-refractivity contribution in [1.82, 2.24) is 14.9 Å². The highest BCUT2D eigenvalue weighted by Crippen LogP contribution is 2.38. The Morgan fingerprint density at radius 3 is 2.86 bits per heavy atom. The molecular formula is C15H19N3O3. The minimum atomic E-state index is 0.269. The van der Waals surface area contributed by atoms with E-state index in [4.69, 9.17) is 14.2 Å². The number of hydrogen-bond donors (Lipinski definition) is 1. The van der Waals surface area contributed by atoms with Crippen molar-refractivity contribution >= 4 is 0 Å². The number of rotatable bonds is 6. The first kappa shape index (κ1) is 13.8. The van der Waals surface area contributed by atoms with Gasteiger partial charge in [-0.1, -0.05) is 0 Å². The van der Waals surface area contributed by atoms with Crippen molar-refractivity contribution in [2.75, 3.05) is 20.4 Å². The third kappa shape index (κ3) is 2.95. The second-order valence-electron chi connectivity index (χ2n) is 4.90. The zero-order valence-electron chi connectivity index (χ0n) is 12.3. The molecule has 1 N–H and O–H groups in total. The lowest BCUT2D eigenvalue weighted by atomic mass is 10.1. The third-order valence-corrected chi connectivity index (χ3v) is 3.43.